The minimum absolute atomic E-state index is 0.129. The van der Waals surface area contributed by atoms with E-state index in [1.165, 1.54) is 0 Å². The van der Waals surface area contributed by atoms with Crippen LogP contribution in [0.2, 0.25) is 5.28 Å². The van der Waals surface area contributed by atoms with Crippen LogP contribution in [0.5, 0.6) is 0 Å². The number of halogens is 2. The van der Waals surface area contributed by atoms with Crippen LogP contribution in [-0.4, -0.2) is 19.5 Å². The van der Waals surface area contributed by atoms with E-state index in [-0.39, 0.29) is 5.28 Å². The zero-order chi connectivity index (χ0) is 15.0. The lowest BCUT2D eigenvalue weighted by Gasteiger charge is -2.07. The van der Waals surface area contributed by atoms with Gasteiger partial charge < -0.3 is 9.88 Å². The van der Waals surface area contributed by atoms with Crippen molar-refractivity contribution in [2.45, 2.75) is 0 Å². The van der Waals surface area contributed by atoms with E-state index in [0.717, 1.165) is 4.47 Å². The quantitative estimate of drug-likeness (QED) is 0.706. The summed E-state index contributed by atoms with van der Waals surface area (Å²) >= 11 is 9.31. The highest BCUT2D eigenvalue weighted by Crippen LogP contribution is 2.26. The summed E-state index contributed by atoms with van der Waals surface area (Å²) in [5, 5.41) is 12.3. The number of nitrogens with zero attached hydrogens (tertiary/aromatic N) is 5. The van der Waals surface area contributed by atoms with Crippen LogP contribution in [0.25, 0.3) is 11.2 Å². The number of aryl methyl sites for hydroxylation is 1. The molecule has 2 aromatic heterocycles. The van der Waals surface area contributed by atoms with Crippen molar-refractivity contribution < 1.29 is 0 Å². The Bertz CT molecular complexity index is 882. The van der Waals surface area contributed by atoms with Crippen molar-refractivity contribution in [2.75, 3.05) is 5.32 Å². The van der Waals surface area contributed by atoms with Gasteiger partial charge in [0.05, 0.1) is 18.0 Å². The number of imidazole rings is 1. The van der Waals surface area contributed by atoms with Crippen LogP contribution in [0.4, 0.5) is 11.5 Å². The molecule has 1 aromatic carbocycles. The number of fused-ring (bicyclic) bond motifs is 1. The topological polar surface area (TPSA) is 79.4 Å². The molecule has 0 fully saturated rings. The predicted molar refractivity (Wildman–Crippen MR) is 83.5 cm³/mol. The Balaban J connectivity index is 2.10. The Labute approximate surface area is 133 Å². The van der Waals surface area contributed by atoms with Crippen LogP contribution in [0.3, 0.4) is 0 Å². The Kier molecular flexibility index (Phi) is 3.49. The van der Waals surface area contributed by atoms with Crippen LogP contribution >= 0.6 is 27.5 Å². The molecule has 2 heterocycles. The lowest BCUT2D eigenvalue weighted by Crippen LogP contribution is -1.99. The van der Waals surface area contributed by atoms with Crippen LogP contribution in [0.1, 0.15) is 5.56 Å². The second-order valence-corrected chi connectivity index (χ2v) is 5.59. The highest BCUT2D eigenvalue weighted by Gasteiger charge is 2.12. The van der Waals surface area contributed by atoms with Crippen molar-refractivity contribution >= 4 is 50.2 Å². The summed E-state index contributed by atoms with van der Waals surface area (Å²) in [5.74, 6) is 0.493. The molecular formula is C13H8BrClN6. The third-order valence-electron chi connectivity index (χ3n) is 2.82. The van der Waals surface area contributed by atoms with Crippen molar-refractivity contribution in [1.29, 1.82) is 5.26 Å². The number of hydrogen-bond donors (Lipinski definition) is 1. The Morgan fingerprint density at radius 3 is 2.90 bits per heavy atom. The summed E-state index contributed by atoms with van der Waals surface area (Å²) in [7, 11) is 1.83. The lowest BCUT2D eigenvalue weighted by atomic mass is 10.2. The average Bonchev–Trinajstić information content (AvgIpc) is 2.80. The number of rotatable bonds is 2. The molecule has 6 nitrogen and oxygen atoms in total. The van der Waals surface area contributed by atoms with Gasteiger partial charge >= 0.3 is 0 Å². The number of aromatic nitrogens is 4. The van der Waals surface area contributed by atoms with Crippen molar-refractivity contribution in [3.63, 3.8) is 0 Å². The number of nitrogens with one attached hydrogen (secondary N) is 1. The molecule has 104 valence electrons. The third-order valence-corrected chi connectivity index (χ3v) is 3.45. The largest absolute Gasteiger partial charge is 0.338 e. The number of hydrogen-bond acceptors (Lipinski definition) is 5. The van der Waals surface area contributed by atoms with Gasteiger partial charge in [0, 0.05) is 17.2 Å². The zero-order valence-corrected chi connectivity index (χ0v) is 13.1. The maximum atomic E-state index is 9.01. The van der Waals surface area contributed by atoms with Crippen molar-refractivity contribution in [3.8, 4) is 6.07 Å². The first-order valence-electron chi connectivity index (χ1n) is 5.89. The molecule has 0 radical (unpaired) electrons. The van der Waals surface area contributed by atoms with Crippen molar-refractivity contribution in [3.05, 3.63) is 39.8 Å². The number of anilines is 2. The van der Waals surface area contributed by atoms with Crippen LogP contribution in [0.15, 0.2) is 29.0 Å². The van der Waals surface area contributed by atoms with Crippen LogP contribution in [0, 0.1) is 11.3 Å². The summed E-state index contributed by atoms with van der Waals surface area (Å²) in [4.78, 5) is 12.6. The molecule has 0 aliphatic rings. The predicted octanol–water partition coefficient (Wildman–Crippen LogP) is 3.39. The third kappa shape index (κ3) is 2.68. The summed E-state index contributed by atoms with van der Waals surface area (Å²) in [6.45, 7) is 0. The molecule has 1 N–H and O–H groups in total. The average molecular weight is 364 g/mol. The Morgan fingerprint density at radius 1 is 1.33 bits per heavy atom. The second-order valence-electron chi connectivity index (χ2n) is 4.33. The second kappa shape index (κ2) is 5.31. The molecule has 3 rings (SSSR count). The smallest absolute Gasteiger partial charge is 0.226 e. The van der Waals surface area contributed by atoms with E-state index in [4.69, 9.17) is 16.9 Å². The van der Waals surface area contributed by atoms with E-state index in [0.29, 0.717) is 28.2 Å². The number of benzene rings is 1. The molecule has 0 bridgehead atoms. The maximum absolute atomic E-state index is 9.01. The molecule has 0 saturated carbocycles. The van der Waals surface area contributed by atoms with E-state index in [1.54, 1.807) is 23.0 Å². The first-order valence-corrected chi connectivity index (χ1v) is 7.06. The molecule has 0 atom stereocenters. The van der Waals surface area contributed by atoms with Crippen molar-refractivity contribution in [1.82, 2.24) is 19.5 Å². The Morgan fingerprint density at radius 2 is 2.14 bits per heavy atom. The van der Waals surface area contributed by atoms with Crippen LogP contribution < -0.4 is 5.32 Å². The standard InChI is InChI=1S/C13H8BrClN6/c1-21-6-17-10-11(19-13(15)20-12(10)21)18-9-3-7(5-16)2-8(14)4-9/h2-4,6H,1H3,(H,18,19,20). The van der Waals surface area contributed by atoms with E-state index in [9.17, 15) is 0 Å². The number of nitriles is 1. The fourth-order valence-corrected chi connectivity index (χ4v) is 2.59. The molecular weight excluding hydrogens is 356 g/mol. The summed E-state index contributed by atoms with van der Waals surface area (Å²) < 4.78 is 2.55. The molecule has 0 aliphatic heterocycles. The van der Waals surface area contributed by atoms with Gasteiger partial charge in [-0.2, -0.15) is 15.2 Å². The molecule has 3 aromatic rings. The van der Waals surface area contributed by atoms with Gasteiger partial charge in [-0.15, -0.1) is 0 Å². The van der Waals surface area contributed by atoms with Gasteiger partial charge in [0.2, 0.25) is 5.28 Å². The monoisotopic (exact) mass is 362 g/mol. The molecule has 0 aliphatic carbocycles. The molecule has 0 spiro atoms. The lowest BCUT2D eigenvalue weighted by molar-refractivity contribution is 0.928. The first-order chi connectivity index (χ1) is 10.1. The van der Waals surface area contributed by atoms with Crippen molar-refractivity contribution in [2.24, 2.45) is 7.05 Å². The molecule has 0 amide bonds. The van der Waals surface area contributed by atoms with Gasteiger partial charge in [0.15, 0.2) is 17.0 Å². The summed E-state index contributed by atoms with van der Waals surface area (Å²) in [6, 6.07) is 7.39. The highest BCUT2D eigenvalue weighted by atomic mass is 79.9. The van der Waals surface area contributed by atoms with Gasteiger partial charge in [-0.3, -0.25) is 0 Å². The van der Waals surface area contributed by atoms with E-state index in [1.807, 2.05) is 13.1 Å². The normalized spacial score (nSPS) is 10.6. The summed E-state index contributed by atoms with van der Waals surface area (Å²) in [5.41, 5.74) is 2.49. The molecule has 0 unspecified atom stereocenters. The van der Waals surface area contributed by atoms with Gasteiger partial charge in [-0.1, -0.05) is 15.9 Å². The van der Waals surface area contributed by atoms with Gasteiger partial charge in [-0.05, 0) is 29.8 Å². The van der Waals surface area contributed by atoms with Gasteiger partial charge in [0.1, 0.15) is 0 Å². The minimum atomic E-state index is 0.129. The molecule has 0 saturated heterocycles. The van der Waals surface area contributed by atoms with E-state index >= 15 is 0 Å². The zero-order valence-electron chi connectivity index (χ0n) is 10.8. The SMILES string of the molecule is Cn1cnc2c(Nc3cc(Br)cc(C#N)c3)nc(Cl)nc21. The first kappa shape index (κ1) is 13.8. The molecule has 21 heavy (non-hydrogen) atoms. The molecule has 8 heteroatoms. The minimum Gasteiger partial charge on any atom is -0.338 e. The van der Waals surface area contributed by atoms with E-state index < -0.39 is 0 Å². The fourth-order valence-electron chi connectivity index (χ4n) is 1.93. The van der Waals surface area contributed by atoms with Gasteiger partial charge in [0.25, 0.3) is 0 Å². The Hall–Kier alpha value is -2.17. The van der Waals surface area contributed by atoms with Gasteiger partial charge in [-0.25, -0.2) is 4.98 Å². The van der Waals surface area contributed by atoms with E-state index in [2.05, 4.69) is 42.3 Å². The fraction of sp³-hybridized carbons (Fsp3) is 0.0769. The maximum Gasteiger partial charge on any atom is 0.226 e. The van der Waals surface area contributed by atoms with Crippen LogP contribution in [-0.2, 0) is 7.05 Å². The highest BCUT2D eigenvalue weighted by molar-refractivity contribution is 9.10. The summed E-state index contributed by atoms with van der Waals surface area (Å²) in [6.07, 6.45) is 1.64.